The van der Waals surface area contributed by atoms with Crippen molar-refractivity contribution in [2.24, 2.45) is 11.8 Å². The molecule has 118 valence electrons. The molecule has 3 heteroatoms. The molecule has 20 heavy (non-hydrogen) atoms. The van der Waals surface area contributed by atoms with Crippen molar-refractivity contribution >= 4 is 0 Å². The van der Waals surface area contributed by atoms with E-state index in [2.05, 4.69) is 31.1 Å². The van der Waals surface area contributed by atoms with Crippen molar-refractivity contribution < 1.29 is 5.11 Å². The van der Waals surface area contributed by atoms with E-state index in [9.17, 15) is 5.11 Å². The molecule has 0 aliphatic heterocycles. The van der Waals surface area contributed by atoms with Crippen LogP contribution in [0.25, 0.3) is 0 Å². The van der Waals surface area contributed by atoms with Gasteiger partial charge in [-0.05, 0) is 57.5 Å². The molecule has 2 aliphatic rings. The first-order valence-electron chi connectivity index (χ1n) is 8.73. The van der Waals surface area contributed by atoms with Gasteiger partial charge in [-0.2, -0.15) is 0 Å². The first-order valence-corrected chi connectivity index (χ1v) is 8.73. The standard InChI is InChI=1S/C17H34N2O/c1-4-18-15-10-9-13(2)11-14(15)12-19(3)16-7-5-6-8-17(16)20/h13-18,20H,4-12H2,1-3H3. The Hall–Kier alpha value is -0.120. The summed E-state index contributed by atoms with van der Waals surface area (Å²) in [7, 11) is 2.22. The van der Waals surface area contributed by atoms with E-state index in [1.807, 2.05) is 0 Å². The summed E-state index contributed by atoms with van der Waals surface area (Å²) >= 11 is 0. The predicted octanol–water partition coefficient (Wildman–Crippen LogP) is 2.64. The van der Waals surface area contributed by atoms with Gasteiger partial charge in [0.15, 0.2) is 0 Å². The summed E-state index contributed by atoms with van der Waals surface area (Å²) in [4.78, 5) is 2.46. The molecule has 2 saturated carbocycles. The lowest BCUT2D eigenvalue weighted by molar-refractivity contribution is 0.0178. The van der Waals surface area contributed by atoms with Crippen molar-refractivity contribution in [3.05, 3.63) is 0 Å². The van der Waals surface area contributed by atoms with Gasteiger partial charge in [0.1, 0.15) is 0 Å². The maximum Gasteiger partial charge on any atom is 0.0695 e. The number of nitrogens with one attached hydrogen (secondary N) is 1. The molecule has 3 nitrogen and oxygen atoms in total. The first kappa shape index (κ1) is 16.3. The quantitative estimate of drug-likeness (QED) is 0.814. The van der Waals surface area contributed by atoms with E-state index in [0.29, 0.717) is 12.1 Å². The summed E-state index contributed by atoms with van der Waals surface area (Å²) in [6.07, 6.45) is 8.57. The van der Waals surface area contributed by atoms with Crippen molar-refractivity contribution in [1.82, 2.24) is 10.2 Å². The number of aliphatic hydroxyl groups excluding tert-OH is 1. The minimum Gasteiger partial charge on any atom is -0.391 e. The highest BCUT2D eigenvalue weighted by atomic mass is 16.3. The van der Waals surface area contributed by atoms with E-state index >= 15 is 0 Å². The van der Waals surface area contributed by atoms with Gasteiger partial charge in [0, 0.05) is 18.6 Å². The highest BCUT2D eigenvalue weighted by molar-refractivity contribution is 4.88. The molecule has 2 fully saturated rings. The van der Waals surface area contributed by atoms with Crippen molar-refractivity contribution in [2.45, 2.75) is 77.0 Å². The molecule has 0 heterocycles. The number of hydrogen-bond acceptors (Lipinski definition) is 3. The second-order valence-electron chi connectivity index (χ2n) is 7.20. The highest BCUT2D eigenvalue weighted by Crippen LogP contribution is 2.31. The van der Waals surface area contributed by atoms with Gasteiger partial charge in [0.25, 0.3) is 0 Å². The highest BCUT2D eigenvalue weighted by Gasteiger charge is 2.32. The van der Waals surface area contributed by atoms with E-state index in [-0.39, 0.29) is 6.10 Å². The second kappa shape index (κ2) is 7.77. The van der Waals surface area contributed by atoms with Gasteiger partial charge in [-0.15, -0.1) is 0 Å². The molecule has 5 atom stereocenters. The van der Waals surface area contributed by atoms with Gasteiger partial charge in [-0.3, -0.25) is 0 Å². The fourth-order valence-corrected chi connectivity index (χ4v) is 4.34. The summed E-state index contributed by atoms with van der Waals surface area (Å²) < 4.78 is 0. The summed E-state index contributed by atoms with van der Waals surface area (Å²) in [5, 5.41) is 13.9. The van der Waals surface area contributed by atoms with Crippen molar-refractivity contribution in [1.29, 1.82) is 0 Å². The molecule has 2 aliphatic carbocycles. The molecule has 0 aromatic carbocycles. The number of rotatable bonds is 5. The van der Waals surface area contributed by atoms with Crippen LogP contribution in [0.2, 0.25) is 0 Å². The van der Waals surface area contributed by atoms with E-state index < -0.39 is 0 Å². The molecule has 0 saturated heterocycles. The van der Waals surface area contributed by atoms with Crippen molar-refractivity contribution in [3.63, 3.8) is 0 Å². The molecular weight excluding hydrogens is 248 g/mol. The minimum absolute atomic E-state index is 0.104. The van der Waals surface area contributed by atoms with Crippen LogP contribution in [0.5, 0.6) is 0 Å². The zero-order valence-corrected chi connectivity index (χ0v) is 13.6. The molecule has 0 amide bonds. The molecule has 0 bridgehead atoms. The Morgan fingerprint density at radius 1 is 1.15 bits per heavy atom. The molecular formula is C17H34N2O. The molecule has 2 N–H and O–H groups in total. The van der Waals surface area contributed by atoms with Gasteiger partial charge >= 0.3 is 0 Å². The van der Waals surface area contributed by atoms with Crippen molar-refractivity contribution in [2.75, 3.05) is 20.1 Å². The van der Waals surface area contributed by atoms with E-state index in [1.165, 1.54) is 38.5 Å². The van der Waals surface area contributed by atoms with Crippen LogP contribution in [0, 0.1) is 11.8 Å². The summed E-state index contributed by atoms with van der Waals surface area (Å²) in [5.74, 6) is 1.61. The van der Waals surface area contributed by atoms with Crippen LogP contribution < -0.4 is 5.32 Å². The monoisotopic (exact) mass is 282 g/mol. The molecule has 5 unspecified atom stereocenters. The van der Waals surface area contributed by atoms with Gasteiger partial charge in [-0.25, -0.2) is 0 Å². The molecule has 2 rings (SSSR count). The van der Waals surface area contributed by atoms with Crippen LogP contribution in [-0.4, -0.2) is 48.3 Å². The smallest absolute Gasteiger partial charge is 0.0695 e. The lowest BCUT2D eigenvalue weighted by Gasteiger charge is -2.41. The third-order valence-electron chi connectivity index (χ3n) is 5.49. The lowest BCUT2D eigenvalue weighted by Crippen LogP contribution is -2.50. The normalized spacial score (nSPS) is 39.1. The van der Waals surface area contributed by atoms with Crippen LogP contribution in [0.15, 0.2) is 0 Å². The van der Waals surface area contributed by atoms with Gasteiger partial charge in [0.2, 0.25) is 0 Å². The third kappa shape index (κ3) is 4.19. The zero-order valence-electron chi connectivity index (χ0n) is 13.6. The first-order chi connectivity index (χ1) is 9.61. The van der Waals surface area contributed by atoms with Crippen LogP contribution in [0.4, 0.5) is 0 Å². The number of hydrogen-bond donors (Lipinski definition) is 2. The fraction of sp³-hybridized carbons (Fsp3) is 1.00. The summed E-state index contributed by atoms with van der Waals surface area (Å²) in [5.41, 5.74) is 0. The van der Waals surface area contributed by atoms with Gasteiger partial charge in [0.05, 0.1) is 6.10 Å². The number of aliphatic hydroxyl groups is 1. The Morgan fingerprint density at radius 3 is 2.60 bits per heavy atom. The number of likely N-dealkylation sites (N-methyl/N-ethyl adjacent to an activating group) is 1. The Balaban J connectivity index is 1.90. The average Bonchev–Trinajstić information content (AvgIpc) is 2.42. The molecule has 0 radical (unpaired) electrons. The second-order valence-corrected chi connectivity index (χ2v) is 7.20. The van der Waals surface area contributed by atoms with Crippen molar-refractivity contribution in [3.8, 4) is 0 Å². The maximum absolute atomic E-state index is 10.2. The van der Waals surface area contributed by atoms with E-state index in [1.54, 1.807) is 0 Å². The van der Waals surface area contributed by atoms with E-state index in [4.69, 9.17) is 0 Å². The van der Waals surface area contributed by atoms with Crippen LogP contribution in [0.1, 0.15) is 58.8 Å². The Kier molecular flexibility index (Phi) is 6.31. The minimum atomic E-state index is -0.104. The third-order valence-corrected chi connectivity index (χ3v) is 5.49. The van der Waals surface area contributed by atoms with Crippen LogP contribution in [0.3, 0.4) is 0 Å². The summed E-state index contributed by atoms with van der Waals surface area (Å²) in [6.45, 7) is 6.82. The Morgan fingerprint density at radius 2 is 1.90 bits per heavy atom. The topological polar surface area (TPSA) is 35.5 Å². The fourth-order valence-electron chi connectivity index (χ4n) is 4.34. The molecule has 0 spiro atoms. The average molecular weight is 282 g/mol. The maximum atomic E-state index is 10.2. The predicted molar refractivity (Wildman–Crippen MR) is 84.9 cm³/mol. The zero-order chi connectivity index (χ0) is 14.5. The van der Waals surface area contributed by atoms with Gasteiger partial charge in [-0.1, -0.05) is 26.7 Å². The number of nitrogens with zero attached hydrogens (tertiary/aromatic N) is 1. The van der Waals surface area contributed by atoms with Gasteiger partial charge < -0.3 is 15.3 Å². The lowest BCUT2D eigenvalue weighted by atomic mass is 9.78. The van der Waals surface area contributed by atoms with E-state index in [0.717, 1.165) is 31.3 Å². The Labute approximate surface area is 125 Å². The summed E-state index contributed by atoms with van der Waals surface area (Å²) in [6, 6.07) is 1.07. The molecule has 0 aromatic rings. The largest absolute Gasteiger partial charge is 0.391 e. The Bertz CT molecular complexity index is 284. The van der Waals surface area contributed by atoms with Crippen LogP contribution >= 0.6 is 0 Å². The molecule has 0 aromatic heterocycles. The SMILES string of the molecule is CCNC1CCC(C)CC1CN(C)C1CCCCC1O. The van der Waals surface area contributed by atoms with Crippen LogP contribution in [-0.2, 0) is 0 Å².